The van der Waals surface area contributed by atoms with Crippen molar-refractivity contribution in [2.75, 3.05) is 6.61 Å². The highest BCUT2D eigenvalue weighted by atomic mass is 16.8. The number of rotatable bonds is 8. The summed E-state index contributed by atoms with van der Waals surface area (Å²) >= 11 is 0. The van der Waals surface area contributed by atoms with Gasteiger partial charge in [-0.2, -0.15) is 0 Å². The van der Waals surface area contributed by atoms with Crippen molar-refractivity contribution in [3.8, 4) is 0 Å². The van der Waals surface area contributed by atoms with Gasteiger partial charge in [0.05, 0.1) is 26.1 Å². The lowest BCUT2D eigenvalue weighted by Gasteiger charge is -2.48. The van der Waals surface area contributed by atoms with E-state index >= 15 is 0 Å². The van der Waals surface area contributed by atoms with Crippen molar-refractivity contribution in [2.45, 2.75) is 64.1 Å². The van der Waals surface area contributed by atoms with Crippen LogP contribution in [0.5, 0.6) is 0 Å². The molecular formula is C25H30O6. The molecule has 6 atom stereocenters. The minimum Gasteiger partial charge on any atom is -0.470 e. The van der Waals surface area contributed by atoms with Gasteiger partial charge in [-0.15, -0.1) is 0 Å². The first-order valence-electron chi connectivity index (χ1n) is 10.7. The van der Waals surface area contributed by atoms with Crippen LogP contribution in [0.3, 0.4) is 0 Å². The van der Waals surface area contributed by atoms with Crippen molar-refractivity contribution < 1.29 is 28.4 Å². The number of allylic oxidation sites excluding steroid dienone is 1. The molecule has 0 amide bonds. The van der Waals surface area contributed by atoms with Gasteiger partial charge in [-0.3, -0.25) is 0 Å². The smallest absolute Gasteiger partial charge is 0.228 e. The van der Waals surface area contributed by atoms with E-state index in [4.69, 9.17) is 28.4 Å². The van der Waals surface area contributed by atoms with Crippen LogP contribution in [0.2, 0.25) is 0 Å². The van der Waals surface area contributed by atoms with Gasteiger partial charge in [0.25, 0.3) is 0 Å². The average Bonchev–Trinajstić information content (AvgIpc) is 2.81. The van der Waals surface area contributed by atoms with E-state index in [1.807, 2.05) is 80.6 Å². The van der Waals surface area contributed by atoms with Crippen LogP contribution in [0.25, 0.3) is 0 Å². The van der Waals surface area contributed by atoms with Gasteiger partial charge in [0.15, 0.2) is 6.29 Å². The molecule has 0 N–H and O–H groups in total. The maximum absolute atomic E-state index is 6.41. The van der Waals surface area contributed by atoms with E-state index in [0.29, 0.717) is 19.8 Å². The fourth-order valence-corrected chi connectivity index (χ4v) is 3.83. The minimum absolute atomic E-state index is 0.302. The van der Waals surface area contributed by atoms with Crippen molar-refractivity contribution in [3.05, 3.63) is 84.1 Å². The zero-order chi connectivity index (χ0) is 21.5. The monoisotopic (exact) mass is 426 g/mol. The number of ether oxygens (including phenoxy) is 6. The van der Waals surface area contributed by atoms with Crippen LogP contribution >= 0.6 is 0 Å². The van der Waals surface area contributed by atoms with Crippen LogP contribution in [0.4, 0.5) is 0 Å². The Hall–Kier alpha value is -2.22. The first-order valence-corrected chi connectivity index (χ1v) is 10.7. The Bertz CT molecular complexity index is 811. The molecule has 166 valence electrons. The molecule has 2 aliphatic rings. The molecule has 2 aliphatic heterocycles. The van der Waals surface area contributed by atoms with Crippen LogP contribution < -0.4 is 0 Å². The Balaban J connectivity index is 1.56. The highest BCUT2D eigenvalue weighted by Gasteiger charge is 2.51. The number of hydrogen-bond donors (Lipinski definition) is 0. The summed E-state index contributed by atoms with van der Waals surface area (Å²) in [6, 6.07) is 20.1. The first-order chi connectivity index (χ1) is 15.2. The standard InChI is InChI=1S/C25H30O6/c1-3-14-26-25-24(29-16-20-12-8-5-9-13-20)23(28-15-19-10-6-4-7-11-19)22-21(31-25)17-27-18(2)30-22/h3-14,18,21-25H,15-17H2,1-2H3/t18?,21-,22-,23-,24-,25-/m1/s1. The molecule has 2 aromatic carbocycles. The molecule has 4 rings (SSSR count). The number of benzene rings is 2. The van der Waals surface area contributed by atoms with Gasteiger partial charge in [-0.25, -0.2) is 0 Å². The Morgan fingerprint density at radius 3 is 2.10 bits per heavy atom. The van der Waals surface area contributed by atoms with Gasteiger partial charge < -0.3 is 28.4 Å². The molecule has 1 unspecified atom stereocenters. The molecule has 6 heteroatoms. The second kappa shape index (κ2) is 10.9. The molecule has 2 heterocycles. The molecule has 0 spiro atoms. The molecule has 2 fully saturated rings. The highest BCUT2D eigenvalue weighted by molar-refractivity contribution is 5.14. The molecule has 2 saturated heterocycles. The molecule has 0 radical (unpaired) electrons. The quantitative estimate of drug-likeness (QED) is 0.590. The fraction of sp³-hybridized carbons (Fsp3) is 0.440. The van der Waals surface area contributed by atoms with Crippen LogP contribution in [0, 0.1) is 0 Å². The van der Waals surface area contributed by atoms with Gasteiger partial charge in [0, 0.05) is 0 Å². The lowest BCUT2D eigenvalue weighted by Crippen LogP contribution is -2.64. The fourth-order valence-electron chi connectivity index (χ4n) is 3.83. The summed E-state index contributed by atoms with van der Waals surface area (Å²) in [5, 5.41) is 0. The first kappa shape index (κ1) is 22.0. The molecule has 0 aliphatic carbocycles. The van der Waals surface area contributed by atoms with Crippen molar-refractivity contribution >= 4 is 0 Å². The molecule has 2 aromatic rings. The molecule has 0 saturated carbocycles. The van der Waals surface area contributed by atoms with E-state index in [1.165, 1.54) is 0 Å². The summed E-state index contributed by atoms with van der Waals surface area (Å²) in [5.74, 6) is 0. The summed E-state index contributed by atoms with van der Waals surface area (Å²) in [7, 11) is 0. The largest absolute Gasteiger partial charge is 0.470 e. The number of hydrogen-bond acceptors (Lipinski definition) is 6. The van der Waals surface area contributed by atoms with Gasteiger partial charge in [0.1, 0.15) is 24.4 Å². The predicted molar refractivity (Wildman–Crippen MR) is 115 cm³/mol. The average molecular weight is 427 g/mol. The van der Waals surface area contributed by atoms with E-state index in [1.54, 1.807) is 6.26 Å². The Kier molecular flexibility index (Phi) is 7.72. The minimum atomic E-state index is -0.637. The molecule has 31 heavy (non-hydrogen) atoms. The van der Waals surface area contributed by atoms with Crippen LogP contribution in [0.1, 0.15) is 25.0 Å². The third-order valence-corrected chi connectivity index (χ3v) is 5.35. The Morgan fingerprint density at radius 2 is 1.48 bits per heavy atom. The SMILES string of the molecule is CC=CO[C@@H]1O[C@@H]2COC(C)O[C@H]2[C@@H](OCc2ccccc2)[C@H]1OCc1ccccc1. The molecule has 0 bridgehead atoms. The van der Waals surface area contributed by atoms with Gasteiger partial charge in [-0.05, 0) is 25.0 Å². The van der Waals surface area contributed by atoms with E-state index in [-0.39, 0.29) is 24.6 Å². The van der Waals surface area contributed by atoms with Crippen molar-refractivity contribution in [3.63, 3.8) is 0 Å². The maximum Gasteiger partial charge on any atom is 0.228 e. The third-order valence-electron chi connectivity index (χ3n) is 5.35. The number of fused-ring (bicyclic) bond motifs is 1. The maximum atomic E-state index is 6.41. The summed E-state index contributed by atoms with van der Waals surface area (Å²) < 4.78 is 36.6. The van der Waals surface area contributed by atoms with Gasteiger partial charge in [0.2, 0.25) is 6.29 Å². The van der Waals surface area contributed by atoms with Gasteiger partial charge >= 0.3 is 0 Å². The third kappa shape index (κ3) is 5.73. The van der Waals surface area contributed by atoms with Crippen molar-refractivity contribution in [2.24, 2.45) is 0 Å². The lowest BCUT2D eigenvalue weighted by atomic mass is 9.97. The second-order valence-corrected chi connectivity index (χ2v) is 7.67. The Morgan fingerprint density at radius 1 is 0.871 bits per heavy atom. The highest BCUT2D eigenvalue weighted by Crippen LogP contribution is 2.33. The zero-order valence-corrected chi connectivity index (χ0v) is 18.0. The van der Waals surface area contributed by atoms with Crippen LogP contribution in [-0.2, 0) is 41.6 Å². The lowest BCUT2D eigenvalue weighted by molar-refractivity contribution is -0.361. The Labute approximate surface area is 183 Å². The van der Waals surface area contributed by atoms with Crippen molar-refractivity contribution in [1.82, 2.24) is 0 Å². The van der Waals surface area contributed by atoms with E-state index in [9.17, 15) is 0 Å². The van der Waals surface area contributed by atoms with Crippen molar-refractivity contribution in [1.29, 1.82) is 0 Å². The second-order valence-electron chi connectivity index (χ2n) is 7.67. The summed E-state index contributed by atoms with van der Waals surface area (Å²) in [5.41, 5.74) is 2.15. The summed E-state index contributed by atoms with van der Waals surface area (Å²) in [6.07, 6.45) is 0.974. The van der Waals surface area contributed by atoms with Gasteiger partial charge in [-0.1, -0.05) is 66.7 Å². The van der Waals surface area contributed by atoms with E-state index < -0.39 is 12.4 Å². The normalized spacial score (nSPS) is 30.8. The molecular weight excluding hydrogens is 396 g/mol. The van der Waals surface area contributed by atoms with Crippen LogP contribution in [-0.4, -0.2) is 43.6 Å². The summed E-state index contributed by atoms with van der Waals surface area (Å²) in [4.78, 5) is 0. The summed E-state index contributed by atoms with van der Waals surface area (Å²) in [6.45, 7) is 5.04. The molecule has 6 nitrogen and oxygen atoms in total. The predicted octanol–water partition coefficient (Wildman–Crippen LogP) is 4.19. The molecule has 0 aromatic heterocycles. The zero-order valence-electron chi connectivity index (χ0n) is 18.0. The van der Waals surface area contributed by atoms with Crippen LogP contribution in [0.15, 0.2) is 73.0 Å². The topological polar surface area (TPSA) is 55.4 Å². The van der Waals surface area contributed by atoms with E-state index in [2.05, 4.69) is 0 Å². The van der Waals surface area contributed by atoms with E-state index in [0.717, 1.165) is 11.1 Å².